The van der Waals surface area contributed by atoms with Gasteiger partial charge in [0.25, 0.3) is 10.0 Å². The normalized spacial score (nSPS) is 12.0. The molecule has 0 spiro atoms. The number of hydrogen-bond donors (Lipinski definition) is 1. The van der Waals surface area contributed by atoms with Crippen LogP contribution in [-0.2, 0) is 10.0 Å². The van der Waals surface area contributed by atoms with Crippen LogP contribution in [0, 0.1) is 0 Å². The highest BCUT2D eigenvalue weighted by molar-refractivity contribution is 7.92. The minimum absolute atomic E-state index is 0.0820. The van der Waals surface area contributed by atoms with Crippen molar-refractivity contribution in [2.24, 2.45) is 0 Å². The minimum atomic E-state index is -3.77. The molecule has 2 aromatic carbocycles. The van der Waals surface area contributed by atoms with Gasteiger partial charge in [-0.25, -0.2) is 8.42 Å². The molecule has 0 aliphatic carbocycles. The summed E-state index contributed by atoms with van der Waals surface area (Å²) < 4.78 is 32.5. The van der Waals surface area contributed by atoms with Gasteiger partial charge in [0.2, 0.25) is 0 Å². The molecule has 1 N–H and O–H groups in total. The minimum Gasteiger partial charge on any atom is -0.354 e. The van der Waals surface area contributed by atoms with Crippen molar-refractivity contribution in [1.82, 2.24) is 5.16 Å². The summed E-state index contributed by atoms with van der Waals surface area (Å²) in [6.45, 7) is 4.09. The first kappa shape index (κ1) is 15.8. The van der Waals surface area contributed by atoms with Crippen LogP contribution in [0.15, 0.2) is 51.9 Å². The number of aromatic nitrogens is 1. The molecular weight excluding hydrogens is 336 g/mol. The van der Waals surface area contributed by atoms with Crippen molar-refractivity contribution in [2.45, 2.75) is 24.7 Å². The summed E-state index contributed by atoms with van der Waals surface area (Å²) >= 11 is 6.10. The number of rotatable bonds is 4. The fourth-order valence-electron chi connectivity index (χ4n) is 2.24. The second kappa shape index (κ2) is 5.86. The van der Waals surface area contributed by atoms with E-state index in [0.717, 1.165) is 5.56 Å². The van der Waals surface area contributed by atoms with E-state index in [2.05, 4.69) is 9.88 Å². The first-order valence-corrected chi connectivity index (χ1v) is 8.91. The van der Waals surface area contributed by atoms with Crippen LogP contribution in [0.1, 0.15) is 25.3 Å². The monoisotopic (exact) mass is 350 g/mol. The first-order valence-electron chi connectivity index (χ1n) is 7.05. The van der Waals surface area contributed by atoms with Gasteiger partial charge < -0.3 is 4.52 Å². The Hall–Kier alpha value is -2.05. The molecule has 0 bridgehead atoms. The Morgan fingerprint density at radius 1 is 1.13 bits per heavy atom. The number of halogens is 1. The Kier molecular flexibility index (Phi) is 4.04. The molecule has 1 heterocycles. The Bertz CT molecular complexity index is 947. The van der Waals surface area contributed by atoms with Crippen molar-refractivity contribution in [3.8, 4) is 0 Å². The van der Waals surface area contributed by atoms with Gasteiger partial charge in [-0.05, 0) is 35.7 Å². The zero-order chi connectivity index (χ0) is 16.6. The molecule has 0 radical (unpaired) electrons. The molecular formula is C16H15ClN2O3S. The van der Waals surface area contributed by atoms with E-state index >= 15 is 0 Å². The van der Waals surface area contributed by atoms with E-state index < -0.39 is 10.0 Å². The number of hydrogen-bond acceptors (Lipinski definition) is 4. The third kappa shape index (κ3) is 3.04. The predicted octanol–water partition coefficient (Wildman–Crippen LogP) is 4.41. The molecule has 0 atom stereocenters. The van der Waals surface area contributed by atoms with Crippen molar-refractivity contribution >= 4 is 38.4 Å². The summed E-state index contributed by atoms with van der Waals surface area (Å²) in [7, 11) is -3.77. The molecule has 120 valence electrons. The molecule has 0 saturated heterocycles. The molecule has 0 unspecified atom stereocenters. The van der Waals surface area contributed by atoms with Crippen molar-refractivity contribution in [1.29, 1.82) is 0 Å². The van der Waals surface area contributed by atoms with Crippen LogP contribution in [0.5, 0.6) is 0 Å². The van der Waals surface area contributed by atoms with E-state index in [1.165, 1.54) is 0 Å². The first-order chi connectivity index (χ1) is 10.9. The van der Waals surface area contributed by atoms with Crippen molar-refractivity contribution in [3.05, 3.63) is 53.1 Å². The zero-order valence-corrected chi connectivity index (χ0v) is 14.1. The highest BCUT2D eigenvalue weighted by Gasteiger charge is 2.20. The maximum Gasteiger partial charge on any atom is 0.263 e. The van der Waals surface area contributed by atoms with Crippen molar-refractivity contribution in [2.75, 3.05) is 4.72 Å². The second-order valence-electron chi connectivity index (χ2n) is 5.47. The van der Waals surface area contributed by atoms with E-state index in [-0.39, 0.29) is 10.7 Å². The van der Waals surface area contributed by atoms with Crippen LogP contribution in [0.25, 0.3) is 11.0 Å². The smallest absolute Gasteiger partial charge is 0.263 e. The molecule has 3 aromatic rings. The van der Waals surface area contributed by atoms with Crippen LogP contribution < -0.4 is 4.72 Å². The lowest BCUT2D eigenvalue weighted by molar-refractivity contribution is 0.460. The summed E-state index contributed by atoms with van der Waals surface area (Å²) in [4.78, 5) is 0.158. The fraction of sp³-hybridized carbons (Fsp3) is 0.188. The summed E-state index contributed by atoms with van der Waals surface area (Å²) in [5, 5.41) is 4.58. The van der Waals surface area contributed by atoms with Crippen LogP contribution in [0.4, 0.5) is 5.82 Å². The summed E-state index contributed by atoms with van der Waals surface area (Å²) in [6, 6.07) is 11.8. The lowest BCUT2D eigenvalue weighted by atomic mass is 10.0. The quantitative estimate of drug-likeness (QED) is 0.756. The highest BCUT2D eigenvalue weighted by atomic mass is 35.5. The van der Waals surface area contributed by atoms with Crippen LogP contribution in [0.3, 0.4) is 0 Å². The molecule has 0 fully saturated rings. The Morgan fingerprint density at radius 3 is 2.48 bits per heavy atom. The predicted molar refractivity (Wildman–Crippen MR) is 90.4 cm³/mol. The number of benzene rings is 2. The summed E-state index contributed by atoms with van der Waals surface area (Å²) in [5.74, 6) is 0.413. The SMILES string of the molecule is CC(C)c1ccc(S(=O)(=O)Nc2noc3cccc(Cl)c23)cc1. The standard InChI is InChI=1S/C16H15ClN2O3S/c1-10(2)11-6-8-12(9-7-11)23(20,21)19-16-15-13(17)4-3-5-14(15)22-18-16/h3-10H,1-2H3,(H,18,19). The van der Waals surface area contributed by atoms with E-state index in [9.17, 15) is 8.42 Å². The van der Waals surface area contributed by atoms with Crippen molar-refractivity contribution in [3.63, 3.8) is 0 Å². The topological polar surface area (TPSA) is 72.2 Å². The number of nitrogens with one attached hydrogen (secondary N) is 1. The molecule has 23 heavy (non-hydrogen) atoms. The molecule has 0 saturated carbocycles. The molecule has 0 aliphatic rings. The average molecular weight is 351 g/mol. The van der Waals surface area contributed by atoms with Gasteiger partial charge in [-0.1, -0.05) is 48.8 Å². The third-order valence-electron chi connectivity index (χ3n) is 3.54. The van der Waals surface area contributed by atoms with Gasteiger partial charge in [-0.15, -0.1) is 0 Å². The fourth-order valence-corrected chi connectivity index (χ4v) is 3.50. The molecule has 0 amide bonds. The van der Waals surface area contributed by atoms with Gasteiger partial charge in [-0.3, -0.25) is 4.72 Å². The Morgan fingerprint density at radius 2 is 1.83 bits per heavy atom. The maximum absolute atomic E-state index is 12.5. The molecule has 0 aliphatic heterocycles. The lowest BCUT2D eigenvalue weighted by Gasteiger charge is -2.08. The van der Waals surface area contributed by atoms with Gasteiger partial charge in [0.1, 0.15) is 0 Å². The second-order valence-corrected chi connectivity index (χ2v) is 7.56. The maximum atomic E-state index is 12.5. The van der Waals surface area contributed by atoms with E-state index in [1.54, 1.807) is 42.5 Å². The highest BCUT2D eigenvalue weighted by Crippen LogP contribution is 2.31. The van der Waals surface area contributed by atoms with Crippen molar-refractivity contribution < 1.29 is 12.9 Å². The zero-order valence-electron chi connectivity index (χ0n) is 12.6. The van der Waals surface area contributed by atoms with E-state index in [0.29, 0.717) is 21.9 Å². The van der Waals surface area contributed by atoms with Crippen LogP contribution in [0.2, 0.25) is 5.02 Å². The van der Waals surface area contributed by atoms with Gasteiger partial charge >= 0.3 is 0 Å². The van der Waals surface area contributed by atoms with Gasteiger partial charge in [0.15, 0.2) is 11.4 Å². The largest absolute Gasteiger partial charge is 0.354 e. The third-order valence-corrected chi connectivity index (χ3v) is 5.21. The summed E-state index contributed by atoms with van der Waals surface area (Å²) in [5.41, 5.74) is 1.49. The van der Waals surface area contributed by atoms with E-state index in [4.69, 9.17) is 16.1 Å². The number of fused-ring (bicyclic) bond motifs is 1. The van der Waals surface area contributed by atoms with Gasteiger partial charge in [0.05, 0.1) is 15.3 Å². The van der Waals surface area contributed by atoms with E-state index in [1.807, 2.05) is 13.8 Å². The lowest BCUT2D eigenvalue weighted by Crippen LogP contribution is -2.13. The average Bonchev–Trinajstić information content (AvgIpc) is 2.91. The number of sulfonamides is 1. The molecule has 1 aromatic heterocycles. The van der Waals surface area contributed by atoms with Crippen LogP contribution >= 0.6 is 11.6 Å². The Labute approximate surface area is 139 Å². The molecule has 7 heteroatoms. The number of anilines is 1. The van der Waals surface area contributed by atoms with Crippen LogP contribution in [-0.4, -0.2) is 13.6 Å². The molecule has 3 rings (SSSR count). The molecule has 5 nitrogen and oxygen atoms in total. The number of nitrogens with zero attached hydrogens (tertiary/aromatic N) is 1. The summed E-state index contributed by atoms with van der Waals surface area (Å²) in [6.07, 6.45) is 0. The Balaban J connectivity index is 1.97. The van der Waals surface area contributed by atoms with Gasteiger partial charge in [-0.2, -0.15) is 0 Å². The van der Waals surface area contributed by atoms with Gasteiger partial charge in [0, 0.05) is 0 Å².